The van der Waals surface area contributed by atoms with Crippen LogP contribution in [0, 0.1) is 0 Å². The van der Waals surface area contributed by atoms with E-state index < -0.39 is 0 Å². The van der Waals surface area contributed by atoms with Crippen LogP contribution in [0.5, 0.6) is 5.75 Å². The minimum absolute atomic E-state index is 0.270. The molecule has 1 heterocycles. The van der Waals surface area contributed by atoms with Crippen molar-refractivity contribution in [2.75, 3.05) is 0 Å². The number of aromatic amines is 1. The molecule has 2 N–H and O–H groups in total. The second kappa shape index (κ2) is 2.27. The van der Waals surface area contributed by atoms with E-state index in [9.17, 15) is 5.11 Å². The molecule has 2 rings (SSSR count). The molecule has 0 amide bonds. The predicted molar refractivity (Wildman–Crippen MR) is 47.7 cm³/mol. The summed E-state index contributed by atoms with van der Waals surface area (Å²) in [7, 11) is 0. The SMILES string of the molecule is Oc1cc(Br)c2cc[nH]c2c1. The van der Waals surface area contributed by atoms with Gasteiger partial charge >= 0.3 is 0 Å². The number of aromatic hydroxyl groups is 1. The third-order valence-electron chi connectivity index (χ3n) is 1.60. The highest BCUT2D eigenvalue weighted by atomic mass is 79.9. The first-order valence-electron chi connectivity index (χ1n) is 3.23. The predicted octanol–water partition coefficient (Wildman–Crippen LogP) is 2.64. The van der Waals surface area contributed by atoms with Crippen LogP contribution in [0.4, 0.5) is 0 Å². The average molecular weight is 212 g/mol. The number of halogens is 1. The normalized spacial score (nSPS) is 10.6. The van der Waals surface area contributed by atoms with E-state index in [1.54, 1.807) is 12.1 Å². The Morgan fingerprint density at radius 1 is 1.36 bits per heavy atom. The molecule has 1 aromatic carbocycles. The number of aromatic nitrogens is 1. The minimum Gasteiger partial charge on any atom is -0.508 e. The summed E-state index contributed by atoms with van der Waals surface area (Å²) in [6.07, 6.45) is 1.84. The van der Waals surface area contributed by atoms with Crippen molar-refractivity contribution >= 4 is 26.8 Å². The van der Waals surface area contributed by atoms with Crippen LogP contribution in [-0.2, 0) is 0 Å². The molecule has 0 saturated heterocycles. The summed E-state index contributed by atoms with van der Waals surface area (Å²) in [6, 6.07) is 5.33. The fourth-order valence-corrected chi connectivity index (χ4v) is 1.69. The molecule has 2 aromatic rings. The van der Waals surface area contributed by atoms with Gasteiger partial charge in [-0.2, -0.15) is 0 Å². The Balaban J connectivity index is 2.91. The van der Waals surface area contributed by atoms with Crippen LogP contribution in [0.15, 0.2) is 28.9 Å². The van der Waals surface area contributed by atoms with Crippen molar-refractivity contribution in [3.8, 4) is 5.75 Å². The molecular weight excluding hydrogens is 206 g/mol. The zero-order valence-electron chi connectivity index (χ0n) is 5.63. The van der Waals surface area contributed by atoms with Gasteiger partial charge in [-0.3, -0.25) is 0 Å². The molecule has 3 heteroatoms. The van der Waals surface area contributed by atoms with E-state index in [4.69, 9.17) is 0 Å². The van der Waals surface area contributed by atoms with Gasteiger partial charge in [0.1, 0.15) is 5.75 Å². The lowest BCUT2D eigenvalue weighted by atomic mass is 10.2. The van der Waals surface area contributed by atoms with Gasteiger partial charge in [-0.15, -0.1) is 0 Å². The van der Waals surface area contributed by atoms with Crippen molar-refractivity contribution < 1.29 is 5.11 Å². The molecular formula is C8H6BrNO. The molecule has 0 fully saturated rings. The molecule has 0 aliphatic rings. The lowest BCUT2D eigenvalue weighted by Gasteiger charge is -1.95. The summed E-state index contributed by atoms with van der Waals surface area (Å²) < 4.78 is 0.911. The molecule has 2 nitrogen and oxygen atoms in total. The number of phenols is 1. The van der Waals surface area contributed by atoms with E-state index in [1.165, 1.54) is 0 Å². The van der Waals surface area contributed by atoms with Gasteiger partial charge in [0, 0.05) is 22.1 Å². The third-order valence-corrected chi connectivity index (χ3v) is 2.26. The second-order valence-electron chi connectivity index (χ2n) is 2.37. The number of hydrogen-bond donors (Lipinski definition) is 2. The first kappa shape index (κ1) is 6.73. The van der Waals surface area contributed by atoms with Crippen molar-refractivity contribution in [3.63, 3.8) is 0 Å². The Hall–Kier alpha value is -0.960. The number of benzene rings is 1. The molecule has 0 aliphatic heterocycles. The molecule has 11 heavy (non-hydrogen) atoms. The second-order valence-corrected chi connectivity index (χ2v) is 3.22. The maximum Gasteiger partial charge on any atom is 0.118 e. The monoisotopic (exact) mass is 211 g/mol. The Morgan fingerprint density at radius 2 is 2.18 bits per heavy atom. The van der Waals surface area contributed by atoms with Crippen molar-refractivity contribution in [2.45, 2.75) is 0 Å². The standard InChI is InChI=1S/C8H6BrNO/c9-7-3-5(11)4-8-6(7)1-2-10-8/h1-4,10-11H. The number of hydrogen-bond acceptors (Lipinski definition) is 1. The van der Waals surface area contributed by atoms with E-state index >= 15 is 0 Å². The Labute approximate surface area is 72.0 Å². The van der Waals surface area contributed by atoms with Gasteiger partial charge in [0.15, 0.2) is 0 Å². The van der Waals surface area contributed by atoms with E-state index in [2.05, 4.69) is 20.9 Å². The quantitative estimate of drug-likeness (QED) is 0.691. The summed E-state index contributed by atoms with van der Waals surface area (Å²) in [5, 5.41) is 10.3. The number of phenolic OH excluding ortho intramolecular Hbond substituents is 1. The number of H-pyrrole nitrogens is 1. The highest BCUT2D eigenvalue weighted by Crippen LogP contribution is 2.27. The summed E-state index contributed by atoms with van der Waals surface area (Å²) >= 11 is 3.35. The smallest absolute Gasteiger partial charge is 0.118 e. The molecule has 1 aromatic heterocycles. The molecule has 0 bridgehead atoms. The van der Waals surface area contributed by atoms with E-state index in [0.29, 0.717) is 0 Å². The van der Waals surface area contributed by atoms with Gasteiger partial charge in [0.25, 0.3) is 0 Å². The fourth-order valence-electron chi connectivity index (χ4n) is 1.11. The largest absolute Gasteiger partial charge is 0.508 e. The van der Waals surface area contributed by atoms with Gasteiger partial charge in [-0.05, 0) is 28.1 Å². The first-order valence-corrected chi connectivity index (χ1v) is 4.02. The lowest BCUT2D eigenvalue weighted by Crippen LogP contribution is -1.70. The van der Waals surface area contributed by atoms with Gasteiger partial charge in [0.05, 0.1) is 5.52 Å². The van der Waals surface area contributed by atoms with Crippen LogP contribution in [0.2, 0.25) is 0 Å². The van der Waals surface area contributed by atoms with Crippen molar-refractivity contribution in [1.29, 1.82) is 0 Å². The van der Waals surface area contributed by atoms with Crippen molar-refractivity contribution in [3.05, 3.63) is 28.9 Å². The molecule has 0 radical (unpaired) electrons. The van der Waals surface area contributed by atoms with Crippen molar-refractivity contribution in [2.24, 2.45) is 0 Å². The zero-order chi connectivity index (χ0) is 7.84. The Kier molecular flexibility index (Phi) is 1.39. The number of fused-ring (bicyclic) bond motifs is 1. The van der Waals surface area contributed by atoms with Gasteiger partial charge < -0.3 is 10.1 Å². The fraction of sp³-hybridized carbons (Fsp3) is 0. The molecule has 0 spiro atoms. The molecule has 0 unspecified atom stereocenters. The van der Waals surface area contributed by atoms with E-state index in [1.807, 2.05) is 12.3 Å². The number of rotatable bonds is 0. The molecule has 0 atom stereocenters. The van der Waals surface area contributed by atoms with Crippen LogP contribution < -0.4 is 0 Å². The Bertz CT molecular complexity index is 394. The van der Waals surface area contributed by atoms with Gasteiger partial charge in [-0.25, -0.2) is 0 Å². The highest BCUT2D eigenvalue weighted by molar-refractivity contribution is 9.10. The van der Waals surface area contributed by atoms with E-state index in [0.717, 1.165) is 15.4 Å². The minimum atomic E-state index is 0.270. The third kappa shape index (κ3) is 1.01. The highest BCUT2D eigenvalue weighted by Gasteiger charge is 2.00. The van der Waals surface area contributed by atoms with Crippen LogP contribution in [0.25, 0.3) is 10.9 Å². The summed E-state index contributed by atoms with van der Waals surface area (Å²) in [6.45, 7) is 0. The van der Waals surface area contributed by atoms with Crippen molar-refractivity contribution in [1.82, 2.24) is 4.98 Å². The summed E-state index contributed by atoms with van der Waals surface area (Å²) in [4.78, 5) is 3.01. The number of nitrogens with one attached hydrogen (secondary N) is 1. The molecule has 56 valence electrons. The van der Waals surface area contributed by atoms with Gasteiger partial charge in [0.2, 0.25) is 0 Å². The van der Waals surface area contributed by atoms with Gasteiger partial charge in [-0.1, -0.05) is 0 Å². The zero-order valence-corrected chi connectivity index (χ0v) is 7.22. The molecule has 0 aliphatic carbocycles. The maximum atomic E-state index is 9.18. The van der Waals surface area contributed by atoms with Crippen LogP contribution in [-0.4, -0.2) is 10.1 Å². The summed E-state index contributed by atoms with van der Waals surface area (Å²) in [5.41, 5.74) is 0.942. The Morgan fingerprint density at radius 3 is 3.00 bits per heavy atom. The first-order chi connectivity index (χ1) is 5.27. The topological polar surface area (TPSA) is 36.0 Å². The van der Waals surface area contributed by atoms with Crippen LogP contribution in [0.3, 0.4) is 0 Å². The lowest BCUT2D eigenvalue weighted by molar-refractivity contribution is 0.476. The average Bonchev–Trinajstić information content (AvgIpc) is 2.34. The summed E-state index contributed by atoms with van der Waals surface area (Å²) in [5.74, 6) is 0.270. The molecule has 0 saturated carbocycles. The van der Waals surface area contributed by atoms with Crippen LogP contribution >= 0.6 is 15.9 Å². The van der Waals surface area contributed by atoms with E-state index in [-0.39, 0.29) is 5.75 Å². The van der Waals surface area contributed by atoms with Crippen LogP contribution in [0.1, 0.15) is 0 Å². The maximum absolute atomic E-state index is 9.18.